The van der Waals surface area contributed by atoms with Gasteiger partial charge < -0.3 is 14.8 Å². The van der Waals surface area contributed by atoms with E-state index in [2.05, 4.69) is 17.5 Å². The van der Waals surface area contributed by atoms with Gasteiger partial charge >= 0.3 is 0 Å². The molecule has 0 aliphatic rings. The number of para-hydroxylation sites is 1. The van der Waals surface area contributed by atoms with Gasteiger partial charge in [-0.3, -0.25) is 4.79 Å². The maximum Gasteiger partial charge on any atom is 0.256 e. The molecule has 6 heteroatoms. The van der Waals surface area contributed by atoms with E-state index in [1.807, 2.05) is 60.7 Å². The van der Waals surface area contributed by atoms with E-state index in [1.165, 1.54) is 0 Å². The van der Waals surface area contributed by atoms with Crippen LogP contribution in [0.25, 0.3) is 0 Å². The molecule has 6 nitrogen and oxygen atoms in total. The van der Waals surface area contributed by atoms with Crippen LogP contribution >= 0.6 is 0 Å². The first-order chi connectivity index (χ1) is 16.7. The van der Waals surface area contributed by atoms with Crippen molar-refractivity contribution in [3.63, 3.8) is 0 Å². The van der Waals surface area contributed by atoms with Crippen LogP contribution in [0.5, 0.6) is 11.5 Å². The topological polar surface area (TPSA) is 95.1 Å². The number of nitrogens with one attached hydrogen (secondary N) is 1. The van der Waals surface area contributed by atoms with Crippen LogP contribution in [0.1, 0.15) is 47.2 Å². The summed E-state index contributed by atoms with van der Waals surface area (Å²) in [4.78, 5) is 13.1. The Morgan fingerprint density at radius 2 is 1.47 bits per heavy atom. The number of amides is 1. The molecule has 0 saturated carbocycles. The molecule has 3 aromatic carbocycles. The molecule has 3 rings (SSSR count). The van der Waals surface area contributed by atoms with Crippen LogP contribution in [-0.4, -0.2) is 11.9 Å². The molecule has 0 fully saturated rings. The number of nitriles is 2. The van der Waals surface area contributed by atoms with E-state index >= 15 is 0 Å². The normalized spacial score (nSPS) is 11.0. The van der Waals surface area contributed by atoms with Crippen LogP contribution in [0, 0.1) is 22.7 Å². The fourth-order valence-electron chi connectivity index (χ4n) is 3.38. The number of nitrogens with zero attached hydrogens (tertiary/aromatic N) is 2. The Morgan fingerprint density at radius 1 is 0.824 bits per heavy atom. The van der Waals surface area contributed by atoms with Crippen molar-refractivity contribution in [1.82, 2.24) is 5.32 Å². The Kier molecular flexibility index (Phi) is 9.53. The fraction of sp³-hybridized carbons (Fsp3) is 0.250. The predicted molar refractivity (Wildman–Crippen MR) is 129 cm³/mol. The van der Waals surface area contributed by atoms with Gasteiger partial charge in [-0.05, 0) is 42.5 Å². The fourth-order valence-corrected chi connectivity index (χ4v) is 3.38. The molecule has 0 heterocycles. The van der Waals surface area contributed by atoms with E-state index in [4.69, 9.17) is 14.7 Å². The Hall–Kier alpha value is -4.29. The van der Waals surface area contributed by atoms with Crippen LogP contribution in [-0.2, 0) is 13.2 Å². The van der Waals surface area contributed by atoms with Crippen molar-refractivity contribution in [2.75, 3.05) is 0 Å². The second-order valence-electron chi connectivity index (χ2n) is 7.74. The molecule has 0 bridgehead atoms. The highest BCUT2D eigenvalue weighted by Gasteiger charge is 2.20. The summed E-state index contributed by atoms with van der Waals surface area (Å²) in [7, 11) is 0. The lowest BCUT2D eigenvalue weighted by Gasteiger charge is -2.18. The van der Waals surface area contributed by atoms with E-state index in [0.717, 1.165) is 11.1 Å². The lowest BCUT2D eigenvalue weighted by molar-refractivity contribution is 0.0937. The quantitative estimate of drug-likeness (QED) is 0.363. The lowest BCUT2D eigenvalue weighted by Crippen LogP contribution is -2.34. The summed E-state index contributed by atoms with van der Waals surface area (Å²) in [5.74, 6) is 0.385. The molecule has 1 N–H and O–H groups in total. The Bertz CT molecular complexity index is 1140. The largest absolute Gasteiger partial charge is 0.485 e. The zero-order chi connectivity index (χ0) is 24.0. The van der Waals surface area contributed by atoms with Gasteiger partial charge in [-0.1, -0.05) is 66.7 Å². The number of benzene rings is 3. The molecule has 0 spiro atoms. The van der Waals surface area contributed by atoms with Gasteiger partial charge in [0.05, 0.1) is 17.7 Å². The zero-order valence-corrected chi connectivity index (χ0v) is 18.9. The number of unbranched alkanes of at least 4 members (excludes halogenated alkanes) is 2. The number of hydrogen-bond acceptors (Lipinski definition) is 5. The van der Waals surface area contributed by atoms with E-state index in [9.17, 15) is 10.1 Å². The van der Waals surface area contributed by atoms with Gasteiger partial charge in [0.2, 0.25) is 0 Å². The Labute approximate surface area is 200 Å². The molecule has 34 heavy (non-hydrogen) atoms. The average molecular weight is 454 g/mol. The second kappa shape index (κ2) is 13.3. The first-order valence-electron chi connectivity index (χ1n) is 11.2. The lowest BCUT2D eigenvalue weighted by atomic mass is 10.1. The highest BCUT2D eigenvalue weighted by Crippen LogP contribution is 2.33. The summed E-state index contributed by atoms with van der Waals surface area (Å²) < 4.78 is 12.1. The summed E-state index contributed by atoms with van der Waals surface area (Å²) in [6.07, 6.45) is 2.29. The van der Waals surface area contributed by atoms with Crippen molar-refractivity contribution < 1.29 is 14.3 Å². The molecule has 1 amide bonds. The van der Waals surface area contributed by atoms with E-state index < -0.39 is 11.9 Å². The number of hydrogen-bond donors (Lipinski definition) is 1. The molecule has 1 atom stereocenters. The van der Waals surface area contributed by atoms with Gasteiger partial charge in [0.15, 0.2) is 11.5 Å². The molecule has 0 aliphatic carbocycles. The molecule has 3 aromatic rings. The van der Waals surface area contributed by atoms with Crippen molar-refractivity contribution in [3.8, 4) is 23.6 Å². The second-order valence-corrected chi connectivity index (χ2v) is 7.74. The average Bonchev–Trinajstić information content (AvgIpc) is 2.89. The number of ether oxygens (including phenoxy) is 2. The molecule has 0 saturated heterocycles. The van der Waals surface area contributed by atoms with Crippen molar-refractivity contribution >= 4 is 5.91 Å². The third kappa shape index (κ3) is 7.39. The van der Waals surface area contributed by atoms with Gasteiger partial charge in [-0.25, -0.2) is 0 Å². The third-order valence-corrected chi connectivity index (χ3v) is 5.18. The number of carbonyl (C=O) groups excluding carboxylic acids is 1. The molecule has 0 aliphatic heterocycles. The van der Waals surface area contributed by atoms with Crippen LogP contribution in [0.2, 0.25) is 0 Å². The first kappa shape index (κ1) is 24.4. The summed E-state index contributed by atoms with van der Waals surface area (Å²) in [6, 6.07) is 28.1. The summed E-state index contributed by atoms with van der Waals surface area (Å²) in [5.41, 5.74) is 2.26. The predicted octanol–water partition coefficient (Wildman–Crippen LogP) is 5.55. The summed E-state index contributed by atoms with van der Waals surface area (Å²) in [6.45, 7) is 0.593. The molecular formula is C28H27N3O3. The molecule has 0 aromatic heterocycles. The summed E-state index contributed by atoms with van der Waals surface area (Å²) >= 11 is 0. The van der Waals surface area contributed by atoms with Crippen molar-refractivity contribution in [2.24, 2.45) is 0 Å². The van der Waals surface area contributed by atoms with Crippen LogP contribution < -0.4 is 14.8 Å². The van der Waals surface area contributed by atoms with Crippen molar-refractivity contribution in [1.29, 1.82) is 10.5 Å². The minimum absolute atomic E-state index is 0.267. The number of rotatable bonds is 12. The van der Waals surface area contributed by atoms with E-state index in [1.54, 1.807) is 18.2 Å². The Morgan fingerprint density at radius 3 is 2.09 bits per heavy atom. The highest BCUT2D eigenvalue weighted by molar-refractivity contribution is 5.98. The SMILES string of the molecule is N#CCCCCC(C#N)NC(=O)c1cccc(OCc2ccccc2)c1OCc1ccccc1. The minimum Gasteiger partial charge on any atom is -0.485 e. The molecular weight excluding hydrogens is 426 g/mol. The van der Waals surface area contributed by atoms with Crippen molar-refractivity contribution in [3.05, 3.63) is 95.6 Å². The van der Waals surface area contributed by atoms with Gasteiger partial charge in [0, 0.05) is 6.42 Å². The van der Waals surface area contributed by atoms with E-state index in [0.29, 0.717) is 49.4 Å². The minimum atomic E-state index is -0.651. The van der Waals surface area contributed by atoms with Gasteiger partial charge in [-0.2, -0.15) is 10.5 Å². The monoisotopic (exact) mass is 453 g/mol. The zero-order valence-electron chi connectivity index (χ0n) is 18.9. The maximum atomic E-state index is 13.1. The highest BCUT2D eigenvalue weighted by atomic mass is 16.5. The first-order valence-corrected chi connectivity index (χ1v) is 11.2. The smallest absolute Gasteiger partial charge is 0.256 e. The van der Waals surface area contributed by atoms with E-state index in [-0.39, 0.29) is 6.61 Å². The van der Waals surface area contributed by atoms with Gasteiger partial charge in [-0.15, -0.1) is 0 Å². The van der Waals surface area contributed by atoms with Gasteiger partial charge in [0.25, 0.3) is 5.91 Å². The molecule has 1 unspecified atom stereocenters. The van der Waals surface area contributed by atoms with Gasteiger partial charge in [0.1, 0.15) is 19.3 Å². The van der Waals surface area contributed by atoms with Crippen LogP contribution in [0.15, 0.2) is 78.9 Å². The van der Waals surface area contributed by atoms with Crippen LogP contribution in [0.4, 0.5) is 0 Å². The van der Waals surface area contributed by atoms with Crippen LogP contribution in [0.3, 0.4) is 0 Å². The van der Waals surface area contributed by atoms with Crippen molar-refractivity contribution in [2.45, 2.75) is 44.9 Å². The molecule has 172 valence electrons. The standard InChI is InChI=1S/C28H27N3O3/c29-18-9-3-8-15-24(19-30)31-28(32)25-16-10-17-26(33-20-22-11-4-1-5-12-22)27(25)34-21-23-13-6-2-7-14-23/h1-2,4-7,10-14,16-17,24H,3,8-9,15,20-21H2,(H,31,32). The Balaban J connectivity index is 1.79. The maximum absolute atomic E-state index is 13.1. The molecule has 0 radical (unpaired) electrons. The number of carbonyl (C=O) groups is 1. The summed E-state index contributed by atoms with van der Waals surface area (Å²) in [5, 5.41) is 20.9. The third-order valence-electron chi connectivity index (χ3n) is 5.18.